The maximum Gasteiger partial charge on any atom is 0.293 e. The fraction of sp³-hybridized carbons (Fsp3) is 0.0833. The first-order valence-electron chi connectivity index (χ1n) is 9.57. The Kier molecular flexibility index (Phi) is 7.40. The van der Waals surface area contributed by atoms with Gasteiger partial charge in [-0.15, -0.1) is 0 Å². The van der Waals surface area contributed by atoms with Crippen molar-refractivity contribution in [3.05, 3.63) is 102 Å². The van der Waals surface area contributed by atoms with Gasteiger partial charge in [0, 0.05) is 15.1 Å². The Bertz CT molecular complexity index is 1230. The van der Waals surface area contributed by atoms with Gasteiger partial charge >= 0.3 is 0 Å². The quantitative estimate of drug-likeness (QED) is 0.275. The molecule has 4 nitrogen and oxygen atoms in total. The fourth-order valence-corrected chi connectivity index (χ4v) is 5.03. The number of hydrogen-bond acceptors (Lipinski definition) is 4. The third-order valence-corrected chi connectivity index (χ3v) is 7.42. The number of carbonyl (C=O) groups is 2. The molecule has 32 heavy (non-hydrogen) atoms. The Labute approximate surface area is 211 Å². The maximum absolute atomic E-state index is 12.8. The molecular formula is C24H16Br2ClNO3S. The van der Waals surface area contributed by atoms with Crippen LogP contribution in [0.2, 0.25) is 5.02 Å². The maximum atomic E-state index is 12.8. The average Bonchev–Trinajstić information content (AvgIpc) is 3.03. The van der Waals surface area contributed by atoms with Crippen molar-refractivity contribution in [3.63, 3.8) is 0 Å². The Hall–Kier alpha value is -2.06. The smallest absolute Gasteiger partial charge is 0.293 e. The van der Waals surface area contributed by atoms with E-state index >= 15 is 0 Å². The van der Waals surface area contributed by atoms with Gasteiger partial charge in [-0.2, -0.15) is 0 Å². The lowest BCUT2D eigenvalue weighted by Gasteiger charge is -2.13. The minimum absolute atomic E-state index is 0.224. The van der Waals surface area contributed by atoms with Crippen molar-refractivity contribution in [1.29, 1.82) is 0 Å². The summed E-state index contributed by atoms with van der Waals surface area (Å²) >= 11 is 14.1. The summed E-state index contributed by atoms with van der Waals surface area (Å²) in [5, 5.41) is 0.370. The number of carbonyl (C=O) groups excluding carboxylic acids is 2. The fourth-order valence-electron chi connectivity index (χ4n) is 3.08. The summed E-state index contributed by atoms with van der Waals surface area (Å²) in [6.45, 7) is 0.563. The summed E-state index contributed by atoms with van der Waals surface area (Å²) in [6, 6.07) is 20.6. The number of rotatable bonds is 6. The van der Waals surface area contributed by atoms with E-state index in [4.69, 9.17) is 16.3 Å². The van der Waals surface area contributed by atoms with Crippen LogP contribution in [0.1, 0.15) is 16.7 Å². The van der Waals surface area contributed by atoms with Gasteiger partial charge in [-0.25, -0.2) is 0 Å². The molecule has 162 valence electrons. The van der Waals surface area contributed by atoms with Gasteiger partial charge in [0.15, 0.2) is 0 Å². The normalized spacial score (nSPS) is 15.0. The van der Waals surface area contributed by atoms with Crippen molar-refractivity contribution in [3.8, 4) is 5.75 Å². The zero-order valence-corrected chi connectivity index (χ0v) is 21.3. The number of thioether (sulfide) groups is 1. The van der Waals surface area contributed by atoms with Crippen LogP contribution in [0.5, 0.6) is 5.75 Å². The largest absolute Gasteiger partial charge is 0.488 e. The second-order valence-electron chi connectivity index (χ2n) is 6.93. The minimum Gasteiger partial charge on any atom is -0.488 e. The molecule has 0 bridgehead atoms. The van der Waals surface area contributed by atoms with Crippen molar-refractivity contribution in [1.82, 2.24) is 4.90 Å². The van der Waals surface area contributed by atoms with Gasteiger partial charge in [0.05, 0.1) is 15.9 Å². The Morgan fingerprint density at radius 1 is 0.938 bits per heavy atom. The summed E-state index contributed by atoms with van der Waals surface area (Å²) in [7, 11) is 0. The number of amides is 2. The molecular weight excluding hydrogens is 578 g/mol. The molecule has 1 aliphatic rings. The van der Waals surface area contributed by atoms with E-state index in [1.807, 2.05) is 66.7 Å². The first kappa shape index (κ1) is 23.1. The van der Waals surface area contributed by atoms with Crippen LogP contribution in [0.4, 0.5) is 4.79 Å². The molecule has 0 aliphatic carbocycles. The van der Waals surface area contributed by atoms with Crippen molar-refractivity contribution in [2.75, 3.05) is 0 Å². The van der Waals surface area contributed by atoms with E-state index < -0.39 is 0 Å². The highest BCUT2D eigenvalue weighted by Gasteiger charge is 2.35. The van der Waals surface area contributed by atoms with Crippen molar-refractivity contribution in [2.45, 2.75) is 13.2 Å². The standard InChI is InChI=1S/C24H16Br2ClNO3S/c25-18-7-3-1-5-16(18)13-28-23(29)22(32-24(28)30)12-15-9-10-21(19(26)11-15)31-14-17-6-2-4-8-20(17)27/h1-12H,13-14H2/b22-12-. The highest BCUT2D eigenvalue weighted by Crippen LogP contribution is 2.35. The van der Waals surface area contributed by atoms with Crippen LogP contribution in [0.15, 0.2) is 80.6 Å². The SMILES string of the molecule is O=C1S/C(=C\c2ccc(OCc3ccccc3Cl)c(Br)c2)C(=O)N1Cc1ccccc1Br. The molecule has 1 saturated heterocycles. The zero-order valence-electron chi connectivity index (χ0n) is 16.6. The predicted octanol–water partition coefficient (Wildman–Crippen LogP) is 7.68. The van der Waals surface area contributed by atoms with Crippen LogP contribution in [0.25, 0.3) is 6.08 Å². The van der Waals surface area contributed by atoms with Gasteiger partial charge < -0.3 is 4.74 Å². The lowest BCUT2D eigenvalue weighted by molar-refractivity contribution is -0.123. The van der Waals surface area contributed by atoms with E-state index in [0.717, 1.165) is 37.4 Å². The lowest BCUT2D eigenvalue weighted by atomic mass is 10.2. The van der Waals surface area contributed by atoms with Crippen LogP contribution in [-0.2, 0) is 17.9 Å². The van der Waals surface area contributed by atoms with Crippen LogP contribution in [0.3, 0.4) is 0 Å². The predicted molar refractivity (Wildman–Crippen MR) is 136 cm³/mol. The van der Waals surface area contributed by atoms with Gasteiger partial charge in [-0.05, 0) is 69.2 Å². The Morgan fingerprint density at radius 2 is 1.66 bits per heavy atom. The van der Waals surface area contributed by atoms with E-state index in [-0.39, 0.29) is 17.7 Å². The minimum atomic E-state index is -0.300. The first-order chi connectivity index (χ1) is 15.4. The first-order valence-corrected chi connectivity index (χ1v) is 12.3. The van der Waals surface area contributed by atoms with Crippen molar-refractivity contribution >= 4 is 72.4 Å². The molecule has 8 heteroatoms. The molecule has 3 aromatic carbocycles. The summed E-state index contributed by atoms with van der Waals surface area (Å²) < 4.78 is 7.47. The van der Waals surface area contributed by atoms with E-state index in [9.17, 15) is 9.59 Å². The van der Waals surface area contributed by atoms with E-state index in [0.29, 0.717) is 22.3 Å². The number of imide groups is 1. The molecule has 0 aromatic heterocycles. The second-order valence-corrected chi connectivity index (χ2v) is 10.0. The lowest BCUT2D eigenvalue weighted by Crippen LogP contribution is -2.27. The van der Waals surface area contributed by atoms with E-state index in [2.05, 4.69) is 31.9 Å². The van der Waals surface area contributed by atoms with Gasteiger partial charge in [-0.1, -0.05) is 70.0 Å². The van der Waals surface area contributed by atoms with Crippen LogP contribution >= 0.6 is 55.2 Å². The van der Waals surface area contributed by atoms with Gasteiger partial charge in [0.2, 0.25) is 0 Å². The van der Waals surface area contributed by atoms with Gasteiger partial charge in [-0.3, -0.25) is 14.5 Å². The molecule has 0 N–H and O–H groups in total. The molecule has 3 aromatic rings. The van der Waals surface area contributed by atoms with E-state index in [1.165, 1.54) is 4.90 Å². The summed E-state index contributed by atoms with van der Waals surface area (Å²) in [5.74, 6) is 0.357. The third kappa shape index (κ3) is 5.29. The average molecular weight is 594 g/mol. The van der Waals surface area contributed by atoms with Crippen molar-refractivity contribution in [2.24, 2.45) is 0 Å². The number of hydrogen-bond donors (Lipinski definition) is 0. The number of benzene rings is 3. The van der Waals surface area contributed by atoms with Crippen molar-refractivity contribution < 1.29 is 14.3 Å². The molecule has 1 aliphatic heterocycles. The molecule has 2 amide bonds. The Morgan fingerprint density at radius 3 is 2.38 bits per heavy atom. The number of ether oxygens (including phenoxy) is 1. The molecule has 1 heterocycles. The van der Waals surface area contributed by atoms with E-state index in [1.54, 1.807) is 6.08 Å². The molecule has 0 spiro atoms. The van der Waals surface area contributed by atoms with Crippen LogP contribution in [-0.4, -0.2) is 16.0 Å². The number of nitrogens with zero attached hydrogens (tertiary/aromatic N) is 1. The molecule has 1 fully saturated rings. The molecule has 0 radical (unpaired) electrons. The van der Waals surface area contributed by atoms with Gasteiger partial charge in [0.1, 0.15) is 12.4 Å². The summed E-state index contributed by atoms with van der Waals surface area (Å²) in [5.41, 5.74) is 2.55. The summed E-state index contributed by atoms with van der Waals surface area (Å²) in [4.78, 5) is 26.9. The highest BCUT2D eigenvalue weighted by atomic mass is 79.9. The molecule has 4 rings (SSSR count). The van der Waals surface area contributed by atoms with Crippen LogP contribution in [0, 0.1) is 0 Å². The van der Waals surface area contributed by atoms with Gasteiger partial charge in [0.25, 0.3) is 11.1 Å². The van der Waals surface area contributed by atoms with Crippen LogP contribution < -0.4 is 4.74 Å². The summed E-state index contributed by atoms with van der Waals surface area (Å²) in [6.07, 6.45) is 1.72. The molecule has 0 atom stereocenters. The topological polar surface area (TPSA) is 46.6 Å². The zero-order chi connectivity index (χ0) is 22.7. The molecule has 0 saturated carbocycles. The number of halogens is 3. The molecule has 0 unspecified atom stereocenters. The second kappa shape index (κ2) is 10.3. The third-order valence-electron chi connectivity index (χ3n) is 4.75. The monoisotopic (exact) mass is 591 g/mol. The Balaban J connectivity index is 1.47. The highest BCUT2D eigenvalue weighted by molar-refractivity contribution is 9.10.